The smallest absolute Gasteiger partial charge is 0.423 e. The summed E-state index contributed by atoms with van der Waals surface area (Å²) < 4.78 is 4.89. The van der Waals surface area contributed by atoms with E-state index in [2.05, 4.69) is 13.8 Å². The molecule has 1 aliphatic heterocycles. The Labute approximate surface area is 55.7 Å². The second-order valence-corrected chi connectivity index (χ2v) is 2.60. The lowest BCUT2D eigenvalue weighted by atomic mass is 9.89. The highest BCUT2D eigenvalue weighted by molar-refractivity contribution is 6.50. The van der Waals surface area contributed by atoms with Crippen LogP contribution in [0.25, 0.3) is 0 Å². The number of rotatable bonds is 1. The van der Waals surface area contributed by atoms with Gasteiger partial charge in [0.15, 0.2) is 0 Å². The SMILES string of the molecule is CC(C)C1=CB(O)OC1. The minimum atomic E-state index is -0.651. The van der Waals surface area contributed by atoms with Crippen molar-refractivity contribution in [3.63, 3.8) is 0 Å². The first kappa shape index (κ1) is 6.84. The van der Waals surface area contributed by atoms with Gasteiger partial charge >= 0.3 is 7.12 Å². The molecule has 0 aromatic heterocycles. The van der Waals surface area contributed by atoms with Gasteiger partial charge in [0.25, 0.3) is 0 Å². The van der Waals surface area contributed by atoms with Crippen molar-refractivity contribution in [3.8, 4) is 0 Å². The van der Waals surface area contributed by atoms with Crippen LogP contribution in [0.4, 0.5) is 0 Å². The van der Waals surface area contributed by atoms with Crippen molar-refractivity contribution in [3.05, 3.63) is 11.5 Å². The van der Waals surface area contributed by atoms with Gasteiger partial charge in [-0.1, -0.05) is 25.4 Å². The molecule has 0 spiro atoms. The molecule has 3 heteroatoms. The molecule has 0 unspecified atom stereocenters. The van der Waals surface area contributed by atoms with E-state index < -0.39 is 7.12 Å². The minimum absolute atomic E-state index is 0.502. The van der Waals surface area contributed by atoms with Gasteiger partial charge in [-0.25, -0.2) is 0 Å². The quantitative estimate of drug-likeness (QED) is 0.521. The summed E-state index contributed by atoms with van der Waals surface area (Å²) in [6, 6.07) is 0. The number of hydrogen-bond donors (Lipinski definition) is 1. The van der Waals surface area contributed by atoms with Crippen molar-refractivity contribution in [2.24, 2.45) is 5.92 Å². The van der Waals surface area contributed by atoms with Gasteiger partial charge in [0.1, 0.15) is 0 Å². The van der Waals surface area contributed by atoms with E-state index in [1.165, 1.54) is 5.57 Å². The maximum atomic E-state index is 8.85. The Morgan fingerprint density at radius 3 is 2.67 bits per heavy atom. The average molecular weight is 126 g/mol. The first-order chi connectivity index (χ1) is 4.20. The Morgan fingerprint density at radius 1 is 1.78 bits per heavy atom. The van der Waals surface area contributed by atoms with E-state index in [1.807, 2.05) is 0 Å². The fourth-order valence-electron chi connectivity index (χ4n) is 0.820. The zero-order chi connectivity index (χ0) is 6.85. The summed E-state index contributed by atoms with van der Waals surface area (Å²) in [5, 5.41) is 8.85. The predicted molar refractivity (Wildman–Crippen MR) is 36.8 cm³/mol. The zero-order valence-electron chi connectivity index (χ0n) is 5.79. The summed E-state index contributed by atoms with van der Waals surface area (Å²) in [6.07, 6.45) is 0. The van der Waals surface area contributed by atoms with Gasteiger partial charge in [0.05, 0.1) is 6.61 Å². The van der Waals surface area contributed by atoms with Crippen LogP contribution in [0.15, 0.2) is 11.5 Å². The molecule has 50 valence electrons. The predicted octanol–water partition coefficient (Wildman–Crippen LogP) is 0.619. The van der Waals surface area contributed by atoms with E-state index in [4.69, 9.17) is 9.68 Å². The van der Waals surface area contributed by atoms with E-state index in [0.29, 0.717) is 12.5 Å². The molecule has 0 aliphatic carbocycles. The normalized spacial score (nSPS) is 19.1. The van der Waals surface area contributed by atoms with Crippen LogP contribution < -0.4 is 0 Å². The standard InChI is InChI=1S/C6H11BO2/c1-5(2)6-3-7(8)9-4-6/h3,5,8H,4H2,1-2H3. The Hall–Kier alpha value is -0.275. The highest BCUT2D eigenvalue weighted by Crippen LogP contribution is 2.15. The van der Waals surface area contributed by atoms with Gasteiger partial charge in [0, 0.05) is 0 Å². The summed E-state index contributed by atoms with van der Waals surface area (Å²) in [6.45, 7) is 4.78. The topological polar surface area (TPSA) is 29.5 Å². The summed E-state index contributed by atoms with van der Waals surface area (Å²) in [5.41, 5.74) is 1.20. The third-order valence-corrected chi connectivity index (χ3v) is 1.52. The molecule has 0 fully saturated rings. The molecule has 1 aliphatic rings. The largest absolute Gasteiger partial charge is 0.483 e. The zero-order valence-corrected chi connectivity index (χ0v) is 5.79. The Bertz CT molecular complexity index is 131. The molecule has 1 heterocycles. The third-order valence-electron chi connectivity index (χ3n) is 1.52. The van der Waals surface area contributed by atoms with Gasteiger partial charge < -0.3 is 9.68 Å². The second-order valence-electron chi connectivity index (χ2n) is 2.60. The van der Waals surface area contributed by atoms with Crippen molar-refractivity contribution in [2.45, 2.75) is 13.8 Å². The van der Waals surface area contributed by atoms with Gasteiger partial charge in [-0.05, 0) is 5.92 Å². The molecule has 0 radical (unpaired) electrons. The maximum Gasteiger partial charge on any atom is 0.483 e. The van der Waals surface area contributed by atoms with Crippen molar-refractivity contribution in [1.29, 1.82) is 0 Å². The van der Waals surface area contributed by atoms with E-state index in [-0.39, 0.29) is 0 Å². The molecule has 0 amide bonds. The molecule has 9 heavy (non-hydrogen) atoms. The maximum absolute atomic E-state index is 8.85. The van der Waals surface area contributed by atoms with Crippen LogP contribution >= 0.6 is 0 Å². The molecule has 0 saturated carbocycles. The summed E-state index contributed by atoms with van der Waals surface area (Å²) in [7, 11) is -0.651. The van der Waals surface area contributed by atoms with Crippen molar-refractivity contribution >= 4 is 7.12 Å². The highest BCUT2D eigenvalue weighted by atomic mass is 16.5. The van der Waals surface area contributed by atoms with E-state index in [0.717, 1.165) is 0 Å². The van der Waals surface area contributed by atoms with Crippen LogP contribution in [-0.2, 0) is 4.65 Å². The van der Waals surface area contributed by atoms with Crippen LogP contribution in [0.2, 0.25) is 0 Å². The van der Waals surface area contributed by atoms with Crippen LogP contribution in [0, 0.1) is 5.92 Å². The van der Waals surface area contributed by atoms with E-state index in [1.54, 1.807) is 5.98 Å². The van der Waals surface area contributed by atoms with Crippen molar-refractivity contribution in [2.75, 3.05) is 6.61 Å². The van der Waals surface area contributed by atoms with Crippen LogP contribution in [0.3, 0.4) is 0 Å². The van der Waals surface area contributed by atoms with E-state index in [9.17, 15) is 0 Å². The average Bonchev–Trinajstić information content (AvgIpc) is 2.14. The molecule has 0 bridgehead atoms. The lowest BCUT2D eigenvalue weighted by Gasteiger charge is -2.02. The van der Waals surface area contributed by atoms with Crippen LogP contribution in [0.1, 0.15) is 13.8 Å². The Morgan fingerprint density at radius 2 is 2.44 bits per heavy atom. The Kier molecular flexibility index (Phi) is 1.93. The molecule has 0 aromatic rings. The molecule has 0 atom stereocenters. The van der Waals surface area contributed by atoms with Crippen molar-refractivity contribution < 1.29 is 9.68 Å². The third kappa shape index (κ3) is 1.56. The first-order valence-electron chi connectivity index (χ1n) is 3.20. The summed E-state index contributed by atoms with van der Waals surface area (Å²) in [5.74, 6) is 2.27. The first-order valence-corrected chi connectivity index (χ1v) is 3.20. The molecule has 0 aromatic carbocycles. The fraction of sp³-hybridized carbons (Fsp3) is 0.667. The Balaban J connectivity index is 2.52. The molecule has 2 nitrogen and oxygen atoms in total. The monoisotopic (exact) mass is 126 g/mol. The molecule has 0 saturated heterocycles. The lowest BCUT2D eigenvalue weighted by molar-refractivity contribution is 0.304. The molecular formula is C6H11BO2. The van der Waals surface area contributed by atoms with E-state index >= 15 is 0 Å². The lowest BCUT2D eigenvalue weighted by Crippen LogP contribution is -2.07. The van der Waals surface area contributed by atoms with Crippen LogP contribution in [0.5, 0.6) is 0 Å². The summed E-state index contributed by atoms with van der Waals surface area (Å²) >= 11 is 0. The van der Waals surface area contributed by atoms with Gasteiger partial charge in [-0.2, -0.15) is 0 Å². The molecule has 1 rings (SSSR count). The van der Waals surface area contributed by atoms with Gasteiger partial charge in [-0.3, -0.25) is 0 Å². The minimum Gasteiger partial charge on any atom is -0.423 e. The van der Waals surface area contributed by atoms with Crippen LogP contribution in [-0.4, -0.2) is 18.7 Å². The van der Waals surface area contributed by atoms with Crippen molar-refractivity contribution in [1.82, 2.24) is 0 Å². The molecule has 1 N–H and O–H groups in total. The number of hydrogen-bond acceptors (Lipinski definition) is 2. The fourth-order valence-corrected chi connectivity index (χ4v) is 0.820. The summed E-state index contributed by atoms with van der Waals surface area (Å²) in [4.78, 5) is 0. The second kappa shape index (κ2) is 2.54. The van der Waals surface area contributed by atoms with Gasteiger partial charge in [0.2, 0.25) is 0 Å². The van der Waals surface area contributed by atoms with Gasteiger partial charge in [-0.15, -0.1) is 0 Å². The molecular weight excluding hydrogens is 115 g/mol. The highest BCUT2D eigenvalue weighted by Gasteiger charge is 2.20.